The van der Waals surface area contributed by atoms with Gasteiger partial charge in [-0.15, -0.1) is 0 Å². The Balaban J connectivity index is 1.42. The molecule has 0 N–H and O–H groups in total. The number of nitrogens with zero attached hydrogens (tertiary/aromatic N) is 3. The van der Waals surface area contributed by atoms with Gasteiger partial charge < -0.3 is 14.4 Å². The Morgan fingerprint density at radius 3 is 2.44 bits per heavy atom. The second kappa shape index (κ2) is 12.1. The fourth-order valence-electron chi connectivity index (χ4n) is 5.90. The van der Waals surface area contributed by atoms with Crippen LogP contribution in [0, 0.1) is 25.6 Å². The van der Waals surface area contributed by atoms with Gasteiger partial charge in [0.25, 0.3) is 0 Å². The lowest BCUT2D eigenvalue weighted by Gasteiger charge is -2.47. The zero-order valence-corrected chi connectivity index (χ0v) is 22.1. The molecule has 4 rings (SSSR count). The van der Waals surface area contributed by atoms with Gasteiger partial charge in [-0.1, -0.05) is 18.2 Å². The number of carbonyl (C=O) groups excluding carboxylic acids is 1. The molecule has 2 saturated heterocycles. The summed E-state index contributed by atoms with van der Waals surface area (Å²) in [4.78, 5) is 19.2. The van der Waals surface area contributed by atoms with E-state index < -0.39 is 0 Å². The van der Waals surface area contributed by atoms with Crippen molar-refractivity contribution in [2.24, 2.45) is 5.92 Å². The molecule has 7 heteroatoms. The number of piperazine rings is 1. The first-order valence-corrected chi connectivity index (χ1v) is 13.1. The number of carbonyl (C=O) groups is 1. The SMILES string of the molecule is COC(=O)CC[C@H]1CN(Cc2ccc(OC)c(C)c2C)CC[C@H]1N1CCN(c2ccccc2F)CC1. The zero-order chi connectivity index (χ0) is 25.7. The van der Waals surface area contributed by atoms with E-state index in [1.54, 1.807) is 13.2 Å². The first-order chi connectivity index (χ1) is 17.4. The molecule has 2 fully saturated rings. The molecule has 2 aliphatic heterocycles. The van der Waals surface area contributed by atoms with Gasteiger partial charge in [-0.3, -0.25) is 14.6 Å². The van der Waals surface area contributed by atoms with Gasteiger partial charge in [-0.2, -0.15) is 0 Å². The van der Waals surface area contributed by atoms with Gasteiger partial charge >= 0.3 is 5.97 Å². The molecule has 0 unspecified atom stereocenters. The van der Waals surface area contributed by atoms with Crippen LogP contribution < -0.4 is 9.64 Å². The first kappa shape index (κ1) is 26.4. The van der Waals surface area contributed by atoms with Crippen molar-refractivity contribution in [2.45, 2.75) is 45.7 Å². The van der Waals surface area contributed by atoms with Gasteiger partial charge in [0.05, 0.1) is 19.9 Å². The number of halogens is 1. The highest BCUT2D eigenvalue weighted by atomic mass is 19.1. The minimum absolute atomic E-state index is 0.142. The Hall–Kier alpha value is -2.64. The lowest BCUT2D eigenvalue weighted by molar-refractivity contribution is -0.141. The molecule has 0 aromatic heterocycles. The summed E-state index contributed by atoms with van der Waals surface area (Å²) in [6.45, 7) is 10.6. The Morgan fingerprint density at radius 2 is 1.75 bits per heavy atom. The van der Waals surface area contributed by atoms with E-state index in [2.05, 4.69) is 40.7 Å². The van der Waals surface area contributed by atoms with Crippen molar-refractivity contribution >= 4 is 11.7 Å². The largest absolute Gasteiger partial charge is 0.496 e. The van der Waals surface area contributed by atoms with Crippen molar-refractivity contribution in [3.05, 3.63) is 58.9 Å². The number of esters is 1. The van der Waals surface area contributed by atoms with E-state index in [1.165, 1.54) is 29.9 Å². The molecule has 2 aromatic rings. The average molecular weight is 498 g/mol. The van der Waals surface area contributed by atoms with E-state index in [1.807, 2.05) is 12.1 Å². The summed E-state index contributed by atoms with van der Waals surface area (Å²) < 4.78 is 24.7. The molecule has 0 radical (unpaired) electrons. The summed E-state index contributed by atoms with van der Waals surface area (Å²) in [6, 6.07) is 11.7. The monoisotopic (exact) mass is 497 g/mol. The Bertz CT molecular complexity index is 1040. The van der Waals surface area contributed by atoms with Crippen LogP contribution in [0.25, 0.3) is 0 Å². The number of methoxy groups -OCH3 is 2. The minimum atomic E-state index is -0.153. The van der Waals surface area contributed by atoms with Crippen LogP contribution in [0.3, 0.4) is 0 Å². The van der Waals surface area contributed by atoms with Crippen molar-refractivity contribution < 1.29 is 18.7 Å². The standard InChI is InChI=1S/C29H40FN3O3/c1-21-22(2)28(35-3)11-9-23(21)19-31-14-13-26(24(20-31)10-12-29(34)36-4)32-15-17-33(18-16-32)27-8-6-5-7-25(27)30/h5-9,11,24,26H,10,12-20H2,1-4H3/t24-,26+/m0/s1. The summed E-state index contributed by atoms with van der Waals surface area (Å²) in [7, 11) is 3.18. The van der Waals surface area contributed by atoms with Gasteiger partial charge in [-0.25, -0.2) is 4.39 Å². The van der Waals surface area contributed by atoms with Gasteiger partial charge in [0.15, 0.2) is 0 Å². The second-order valence-electron chi connectivity index (χ2n) is 10.1. The van der Waals surface area contributed by atoms with Crippen molar-refractivity contribution in [1.82, 2.24) is 9.80 Å². The molecule has 0 spiro atoms. The van der Waals surface area contributed by atoms with E-state index in [0.717, 1.165) is 64.4 Å². The Morgan fingerprint density at radius 1 is 1.00 bits per heavy atom. The highest BCUT2D eigenvalue weighted by Crippen LogP contribution is 2.31. The second-order valence-corrected chi connectivity index (χ2v) is 10.1. The average Bonchev–Trinajstić information content (AvgIpc) is 2.90. The maximum Gasteiger partial charge on any atom is 0.305 e. The molecule has 2 aliphatic rings. The van der Waals surface area contributed by atoms with Crippen LogP contribution in [-0.4, -0.2) is 75.3 Å². The molecular weight excluding hydrogens is 457 g/mol. The van der Waals surface area contributed by atoms with Crippen molar-refractivity contribution in [3.8, 4) is 5.75 Å². The van der Waals surface area contributed by atoms with E-state index >= 15 is 0 Å². The highest BCUT2D eigenvalue weighted by Gasteiger charge is 2.35. The number of ether oxygens (including phenoxy) is 2. The quantitative estimate of drug-likeness (QED) is 0.504. The van der Waals surface area contributed by atoms with Gasteiger partial charge in [0, 0.05) is 51.7 Å². The number of benzene rings is 2. The van der Waals surface area contributed by atoms with Crippen LogP contribution in [0.4, 0.5) is 10.1 Å². The van der Waals surface area contributed by atoms with Crippen molar-refractivity contribution in [2.75, 3.05) is 58.4 Å². The lowest BCUT2D eigenvalue weighted by atomic mass is 9.86. The highest BCUT2D eigenvalue weighted by molar-refractivity contribution is 5.69. The Kier molecular flexibility index (Phi) is 8.86. The number of piperidine rings is 1. The number of rotatable bonds is 8. The summed E-state index contributed by atoms with van der Waals surface area (Å²) in [5.41, 5.74) is 4.50. The molecular formula is C29H40FN3O3. The van der Waals surface area contributed by atoms with Crippen LogP contribution in [0.15, 0.2) is 36.4 Å². The van der Waals surface area contributed by atoms with Gasteiger partial charge in [0.2, 0.25) is 0 Å². The zero-order valence-electron chi connectivity index (χ0n) is 22.1. The summed E-state index contributed by atoms with van der Waals surface area (Å²) in [5, 5.41) is 0. The predicted molar refractivity (Wildman–Crippen MR) is 141 cm³/mol. The maximum atomic E-state index is 14.3. The third kappa shape index (κ3) is 6.01. The molecule has 2 aromatic carbocycles. The summed E-state index contributed by atoms with van der Waals surface area (Å²) in [6.07, 6.45) is 2.34. The fraction of sp³-hybridized carbons (Fsp3) is 0.552. The van der Waals surface area contributed by atoms with Gasteiger partial charge in [0.1, 0.15) is 11.6 Å². The molecule has 2 atom stereocenters. The van der Waals surface area contributed by atoms with Crippen LogP contribution in [0.1, 0.15) is 36.0 Å². The molecule has 2 heterocycles. The topological polar surface area (TPSA) is 45.2 Å². The van der Waals surface area contributed by atoms with E-state index in [4.69, 9.17) is 9.47 Å². The number of hydrogen-bond donors (Lipinski definition) is 0. The van der Waals surface area contributed by atoms with Crippen LogP contribution in [-0.2, 0) is 16.1 Å². The van der Waals surface area contributed by atoms with E-state index in [9.17, 15) is 9.18 Å². The van der Waals surface area contributed by atoms with Crippen LogP contribution >= 0.6 is 0 Å². The smallest absolute Gasteiger partial charge is 0.305 e. The Labute approximate surface area is 215 Å². The molecule has 0 aliphatic carbocycles. The first-order valence-electron chi connectivity index (χ1n) is 13.1. The van der Waals surface area contributed by atoms with E-state index in [-0.39, 0.29) is 11.8 Å². The van der Waals surface area contributed by atoms with E-state index in [0.29, 0.717) is 24.1 Å². The molecule has 6 nitrogen and oxygen atoms in total. The fourth-order valence-corrected chi connectivity index (χ4v) is 5.90. The van der Waals surface area contributed by atoms with Crippen LogP contribution in [0.2, 0.25) is 0 Å². The van der Waals surface area contributed by atoms with Gasteiger partial charge in [-0.05, 0) is 74.0 Å². The normalized spacial score (nSPS) is 21.4. The summed E-state index contributed by atoms with van der Waals surface area (Å²) >= 11 is 0. The number of hydrogen-bond acceptors (Lipinski definition) is 6. The molecule has 0 saturated carbocycles. The molecule has 36 heavy (non-hydrogen) atoms. The molecule has 0 bridgehead atoms. The number of likely N-dealkylation sites (tertiary alicyclic amines) is 1. The maximum absolute atomic E-state index is 14.3. The minimum Gasteiger partial charge on any atom is -0.496 e. The third-order valence-electron chi connectivity index (χ3n) is 8.16. The number of para-hydroxylation sites is 1. The lowest BCUT2D eigenvalue weighted by Crippen LogP contribution is -2.56. The summed E-state index contributed by atoms with van der Waals surface area (Å²) in [5.74, 6) is 1.02. The van der Waals surface area contributed by atoms with Crippen molar-refractivity contribution in [1.29, 1.82) is 0 Å². The van der Waals surface area contributed by atoms with Crippen LogP contribution in [0.5, 0.6) is 5.75 Å². The predicted octanol–water partition coefficient (Wildman–Crippen LogP) is 4.42. The number of anilines is 1. The molecule has 196 valence electrons. The van der Waals surface area contributed by atoms with Crippen molar-refractivity contribution in [3.63, 3.8) is 0 Å². The third-order valence-corrected chi connectivity index (χ3v) is 8.16. The molecule has 0 amide bonds.